The highest BCUT2D eigenvalue weighted by molar-refractivity contribution is 5.95. The third kappa shape index (κ3) is 3.71. The average molecular weight is 309 g/mol. The summed E-state index contributed by atoms with van der Waals surface area (Å²) in [5.74, 6) is -0.188. The van der Waals surface area contributed by atoms with E-state index in [4.69, 9.17) is 5.73 Å². The number of rotatable bonds is 4. The van der Waals surface area contributed by atoms with Crippen molar-refractivity contribution < 1.29 is 4.79 Å². The van der Waals surface area contributed by atoms with Gasteiger partial charge in [-0.25, -0.2) is 0 Å². The van der Waals surface area contributed by atoms with E-state index in [1.165, 1.54) is 12.8 Å². The van der Waals surface area contributed by atoms with Crippen LogP contribution in [0.5, 0.6) is 0 Å². The van der Waals surface area contributed by atoms with Crippen LogP contribution in [0.4, 0.5) is 11.4 Å². The van der Waals surface area contributed by atoms with Gasteiger partial charge < -0.3 is 16.0 Å². The fourth-order valence-corrected chi connectivity index (χ4v) is 2.90. The second-order valence-corrected chi connectivity index (χ2v) is 6.12. The first kappa shape index (κ1) is 15.6. The van der Waals surface area contributed by atoms with Crippen molar-refractivity contribution >= 4 is 17.3 Å². The number of nitrogens with zero attached hydrogens (tertiary/aromatic N) is 1. The maximum atomic E-state index is 12.4. The van der Waals surface area contributed by atoms with Crippen molar-refractivity contribution in [3.05, 3.63) is 59.7 Å². The summed E-state index contributed by atoms with van der Waals surface area (Å²) in [7, 11) is 0. The Hall–Kier alpha value is -2.33. The number of hydrogen-bond donors (Lipinski definition) is 2. The Morgan fingerprint density at radius 2 is 1.83 bits per heavy atom. The van der Waals surface area contributed by atoms with E-state index >= 15 is 0 Å². The molecule has 2 aromatic carbocycles. The lowest BCUT2D eigenvalue weighted by atomic mass is 10.1. The molecule has 1 heterocycles. The minimum absolute atomic E-state index is 0.188. The van der Waals surface area contributed by atoms with E-state index in [0.29, 0.717) is 0 Å². The third-order valence-corrected chi connectivity index (χ3v) is 4.30. The molecule has 0 spiro atoms. The summed E-state index contributed by atoms with van der Waals surface area (Å²) in [6.07, 6.45) is 2.46. The van der Waals surface area contributed by atoms with Crippen LogP contribution >= 0.6 is 0 Å². The molecule has 23 heavy (non-hydrogen) atoms. The van der Waals surface area contributed by atoms with Crippen LogP contribution in [0.3, 0.4) is 0 Å². The van der Waals surface area contributed by atoms with Crippen molar-refractivity contribution in [2.45, 2.75) is 25.8 Å². The summed E-state index contributed by atoms with van der Waals surface area (Å²) >= 11 is 0. The molecule has 1 aliphatic rings. The zero-order valence-corrected chi connectivity index (χ0v) is 13.5. The molecule has 1 saturated heterocycles. The minimum atomic E-state index is -0.661. The molecule has 1 unspecified atom stereocenters. The SMILES string of the molecule is Cc1ccc(C(N)C(=O)Nc2cccc(N3CCCC3)c2)cc1. The standard InChI is InChI=1S/C19H23N3O/c1-14-7-9-15(10-8-14)18(20)19(23)21-16-5-4-6-17(13-16)22-11-2-3-12-22/h4-10,13,18H,2-3,11-12,20H2,1H3,(H,21,23). The molecule has 2 aromatic rings. The van der Waals surface area contributed by atoms with Crippen molar-refractivity contribution in [2.24, 2.45) is 5.73 Å². The highest BCUT2D eigenvalue weighted by Gasteiger charge is 2.17. The number of carbonyl (C=O) groups excluding carboxylic acids is 1. The Labute approximate surface area is 137 Å². The molecule has 3 rings (SSSR count). The lowest BCUT2D eigenvalue weighted by Gasteiger charge is -2.19. The van der Waals surface area contributed by atoms with Gasteiger partial charge in [-0.15, -0.1) is 0 Å². The smallest absolute Gasteiger partial charge is 0.245 e. The summed E-state index contributed by atoms with van der Waals surface area (Å²) in [6, 6.07) is 15.1. The van der Waals surface area contributed by atoms with E-state index in [1.807, 2.05) is 49.4 Å². The fraction of sp³-hybridized carbons (Fsp3) is 0.316. The molecule has 1 fully saturated rings. The van der Waals surface area contributed by atoms with Gasteiger partial charge in [0.15, 0.2) is 0 Å². The predicted octanol–water partition coefficient (Wildman–Crippen LogP) is 3.23. The molecule has 0 saturated carbocycles. The lowest BCUT2D eigenvalue weighted by molar-refractivity contribution is -0.117. The van der Waals surface area contributed by atoms with Gasteiger partial charge >= 0.3 is 0 Å². The predicted molar refractivity (Wildman–Crippen MR) is 94.6 cm³/mol. The number of nitrogens with one attached hydrogen (secondary N) is 1. The quantitative estimate of drug-likeness (QED) is 0.911. The largest absolute Gasteiger partial charge is 0.371 e. The Morgan fingerprint density at radius 3 is 2.52 bits per heavy atom. The van der Waals surface area contributed by atoms with Gasteiger partial charge in [-0.1, -0.05) is 35.9 Å². The number of hydrogen-bond acceptors (Lipinski definition) is 3. The van der Waals surface area contributed by atoms with Crippen LogP contribution in [-0.4, -0.2) is 19.0 Å². The molecule has 4 nitrogen and oxygen atoms in total. The summed E-state index contributed by atoms with van der Waals surface area (Å²) in [5.41, 5.74) is 10.00. The van der Waals surface area contributed by atoms with E-state index in [-0.39, 0.29) is 5.91 Å². The van der Waals surface area contributed by atoms with Crippen LogP contribution < -0.4 is 16.0 Å². The highest BCUT2D eigenvalue weighted by Crippen LogP contribution is 2.24. The molecular formula is C19H23N3O. The first-order valence-corrected chi connectivity index (χ1v) is 8.11. The minimum Gasteiger partial charge on any atom is -0.371 e. The van der Waals surface area contributed by atoms with Crippen LogP contribution in [0.15, 0.2) is 48.5 Å². The summed E-state index contributed by atoms with van der Waals surface area (Å²) in [5, 5.41) is 2.93. The van der Waals surface area contributed by atoms with Gasteiger partial charge in [0.25, 0.3) is 0 Å². The number of carbonyl (C=O) groups is 1. The van der Waals surface area contributed by atoms with Crippen molar-refractivity contribution in [1.29, 1.82) is 0 Å². The fourth-order valence-electron chi connectivity index (χ4n) is 2.90. The normalized spacial score (nSPS) is 15.5. The third-order valence-electron chi connectivity index (χ3n) is 4.30. The topological polar surface area (TPSA) is 58.4 Å². The van der Waals surface area contributed by atoms with Crippen molar-refractivity contribution in [1.82, 2.24) is 0 Å². The van der Waals surface area contributed by atoms with Crippen molar-refractivity contribution in [2.75, 3.05) is 23.3 Å². The molecule has 1 atom stereocenters. The number of anilines is 2. The van der Waals surface area contributed by atoms with E-state index < -0.39 is 6.04 Å². The molecule has 1 amide bonds. The van der Waals surface area contributed by atoms with Gasteiger partial charge in [0.2, 0.25) is 5.91 Å². The van der Waals surface area contributed by atoms with Crippen LogP contribution in [0.25, 0.3) is 0 Å². The molecule has 0 aromatic heterocycles. The van der Waals surface area contributed by atoms with E-state index in [2.05, 4.69) is 16.3 Å². The number of amides is 1. The Kier molecular flexibility index (Phi) is 4.63. The first-order chi connectivity index (χ1) is 11.1. The second kappa shape index (κ2) is 6.84. The second-order valence-electron chi connectivity index (χ2n) is 6.12. The number of benzene rings is 2. The van der Waals surface area contributed by atoms with Gasteiger partial charge in [0, 0.05) is 24.5 Å². The molecule has 1 aliphatic heterocycles. The van der Waals surface area contributed by atoms with Gasteiger partial charge in [0.1, 0.15) is 6.04 Å². The van der Waals surface area contributed by atoms with Gasteiger partial charge in [-0.2, -0.15) is 0 Å². The van der Waals surface area contributed by atoms with Gasteiger partial charge in [-0.05, 0) is 43.5 Å². The number of aryl methyl sites for hydroxylation is 1. The van der Waals surface area contributed by atoms with E-state index in [9.17, 15) is 4.79 Å². The molecular weight excluding hydrogens is 286 g/mol. The summed E-state index contributed by atoms with van der Waals surface area (Å²) < 4.78 is 0. The Bertz CT molecular complexity index is 675. The van der Waals surface area contributed by atoms with E-state index in [0.717, 1.165) is 35.6 Å². The molecule has 0 radical (unpaired) electrons. The monoisotopic (exact) mass is 309 g/mol. The van der Waals surface area contributed by atoms with Crippen LogP contribution in [0.1, 0.15) is 30.0 Å². The van der Waals surface area contributed by atoms with Crippen LogP contribution in [0.2, 0.25) is 0 Å². The Balaban J connectivity index is 1.69. The molecule has 0 bridgehead atoms. The molecule has 3 N–H and O–H groups in total. The lowest BCUT2D eigenvalue weighted by Crippen LogP contribution is -2.27. The Morgan fingerprint density at radius 1 is 1.13 bits per heavy atom. The van der Waals surface area contributed by atoms with Gasteiger partial charge in [0.05, 0.1) is 0 Å². The van der Waals surface area contributed by atoms with Gasteiger partial charge in [-0.3, -0.25) is 4.79 Å². The zero-order valence-electron chi connectivity index (χ0n) is 13.5. The summed E-state index contributed by atoms with van der Waals surface area (Å²) in [4.78, 5) is 14.7. The van der Waals surface area contributed by atoms with E-state index in [1.54, 1.807) is 0 Å². The maximum Gasteiger partial charge on any atom is 0.245 e. The highest BCUT2D eigenvalue weighted by atomic mass is 16.2. The summed E-state index contributed by atoms with van der Waals surface area (Å²) in [6.45, 7) is 4.18. The molecule has 0 aliphatic carbocycles. The van der Waals surface area contributed by atoms with Crippen molar-refractivity contribution in [3.63, 3.8) is 0 Å². The first-order valence-electron chi connectivity index (χ1n) is 8.11. The van der Waals surface area contributed by atoms with Crippen LogP contribution in [0, 0.1) is 6.92 Å². The molecule has 4 heteroatoms. The van der Waals surface area contributed by atoms with Crippen molar-refractivity contribution in [3.8, 4) is 0 Å². The average Bonchev–Trinajstić information content (AvgIpc) is 3.10. The number of nitrogens with two attached hydrogens (primary N) is 1. The zero-order chi connectivity index (χ0) is 16.2. The molecule has 120 valence electrons. The van der Waals surface area contributed by atoms with Crippen LogP contribution in [-0.2, 0) is 4.79 Å². The maximum absolute atomic E-state index is 12.4.